The van der Waals surface area contributed by atoms with Crippen LogP contribution >= 0.6 is 0 Å². The number of hydrogen-bond donors (Lipinski definition) is 0. The van der Waals surface area contributed by atoms with Crippen molar-refractivity contribution in [2.24, 2.45) is 0 Å². The molecule has 0 saturated heterocycles. The van der Waals surface area contributed by atoms with Crippen LogP contribution in [0.1, 0.15) is 0 Å². The fourth-order valence-electron chi connectivity index (χ4n) is 0. The van der Waals surface area contributed by atoms with Crippen LogP contribution in [-0.4, -0.2) is 5.09 Å². The van der Waals surface area contributed by atoms with Crippen molar-refractivity contribution < 1.29 is 66.9 Å². The molecule has 0 aromatic carbocycles. The Labute approximate surface area is 81.0 Å². The van der Waals surface area contributed by atoms with Gasteiger partial charge in [-0.25, -0.2) is 0 Å². The van der Waals surface area contributed by atoms with Crippen LogP contribution in [0.5, 0.6) is 0 Å². The average molecular weight is 249 g/mol. The van der Waals surface area contributed by atoms with Gasteiger partial charge in [0.15, 0.2) is 0 Å². The SMILES string of the molecule is O=[N+]([O-])[O-].[Cl-].[Eu+2]. The molecule has 4 nitrogen and oxygen atoms in total. The number of halogens is 1. The topological polar surface area (TPSA) is 66.2 Å². The summed E-state index contributed by atoms with van der Waals surface area (Å²) in [6.07, 6.45) is 0. The van der Waals surface area contributed by atoms with Gasteiger partial charge in [0.1, 0.15) is 0 Å². The summed E-state index contributed by atoms with van der Waals surface area (Å²) in [5.41, 5.74) is 0. The molecular weight excluding hydrogens is 249 g/mol. The smallest absolute Gasteiger partial charge is 1.00 e. The average Bonchev–Trinajstić information content (AvgIpc) is 0.811. The predicted octanol–water partition coefficient (Wildman–Crippen LogP) is -3.24. The molecule has 0 fully saturated rings. The normalized spacial score (nSPS) is 4.00. The maximum atomic E-state index is 8.25. The van der Waals surface area contributed by atoms with E-state index in [0.717, 1.165) is 0 Å². The molecule has 0 aliphatic rings. The van der Waals surface area contributed by atoms with E-state index < -0.39 is 5.09 Å². The molecule has 0 N–H and O–H groups in total. The summed E-state index contributed by atoms with van der Waals surface area (Å²) in [5, 5.41) is 14.8. The van der Waals surface area contributed by atoms with Crippen LogP contribution in [0.4, 0.5) is 0 Å². The van der Waals surface area contributed by atoms with Crippen molar-refractivity contribution in [1.82, 2.24) is 0 Å². The van der Waals surface area contributed by atoms with Crippen LogP contribution in [0.2, 0.25) is 0 Å². The first-order chi connectivity index (χ1) is 1.73. The molecule has 1 radical (unpaired) electrons. The zero-order chi connectivity index (χ0) is 3.58. The maximum absolute atomic E-state index is 8.25. The van der Waals surface area contributed by atoms with Crippen LogP contribution in [0, 0.1) is 64.7 Å². The zero-order valence-electron chi connectivity index (χ0n) is 2.43. The van der Waals surface area contributed by atoms with Gasteiger partial charge in [-0.05, 0) is 0 Å². The van der Waals surface area contributed by atoms with E-state index in [1.54, 1.807) is 0 Å². The zero-order valence-corrected chi connectivity index (χ0v) is 5.61. The fraction of sp³-hybridized carbons (Fsp3) is 0. The molecule has 0 aliphatic carbocycles. The van der Waals surface area contributed by atoms with Gasteiger partial charge in [0, 0.05) is 0 Å². The summed E-state index contributed by atoms with van der Waals surface area (Å²) < 4.78 is 0. The van der Waals surface area contributed by atoms with Crippen molar-refractivity contribution in [3.05, 3.63) is 15.3 Å². The first-order valence-corrected chi connectivity index (χ1v) is 0.548. The minimum Gasteiger partial charge on any atom is -1.00 e. The molecule has 0 amide bonds. The van der Waals surface area contributed by atoms with Gasteiger partial charge in [-0.1, -0.05) is 0 Å². The maximum Gasteiger partial charge on any atom is 2.00 e. The first kappa shape index (κ1) is 15.7. The minimum atomic E-state index is -1.75. The van der Waals surface area contributed by atoms with E-state index in [1.807, 2.05) is 0 Å². The predicted molar refractivity (Wildman–Crippen MR) is 10.4 cm³/mol. The molecule has 0 atom stereocenters. The first-order valence-electron chi connectivity index (χ1n) is 0.548. The third-order valence-corrected chi connectivity index (χ3v) is 0. The summed E-state index contributed by atoms with van der Waals surface area (Å²) in [7, 11) is 0. The summed E-state index contributed by atoms with van der Waals surface area (Å²) in [5.74, 6) is 0. The van der Waals surface area contributed by atoms with Crippen molar-refractivity contribution in [3.63, 3.8) is 0 Å². The van der Waals surface area contributed by atoms with Crippen molar-refractivity contribution in [2.45, 2.75) is 0 Å². The molecule has 0 spiro atoms. The number of nitrogens with zero attached hydrogens (tertiary/aromatic N) is 1. The Morgan fingerprint density at radius 1 is 1.33 bits per heavy atom. The molecule has 0 aliphatic heterocycles. The second-order valence-electron chi connectivity index (χ2n) is 0.224. The number of hydrogen-bond acceptors (Lipinski definition) is 3. The summed E-state index contributed by atoms with van der Waals surface area (Å²) in [6, 6.07) is 0. The monoisotopic (exact) mass is 250 g/mol. The summed E-state index contributed by atoms with van der Waals surface area (Å²) in [4.78, 5) is 8.25. The van der Waals surface area contributed by atoms with Crippen LogP contribution in [0.25, 0.3) is 0 Å². The summed E-state index contributed by atoms with van der Waals surface area (Å²) >= 11 is 0. The standard InChI is InChI=1S/ClH.Eu.NO3/c;;2-1(3)4/h1H;;/q;+2;-1/p-1. The van der Waals surface area contributed by atoms with Gasteiger partial charge in [-0.15, -0.1) is 0 Å². The third kappa shape index (κ3) is 73.0. The summed E-state index contributed by atoms with van der Waals surface area (Å²) in [6.45, 7) is 0. The molecular formula is ClEuNO3. The number of rotatable bonds is 0. The van der Waals surface area contributed by atoms with E-state index >= 15 is 0 Å². The molecule has 0 aromatic heterocycles. The molecule has 0 unspecified atom stereocenters. The molecule has 0 bridgehead atoms. The minimum absolute atomic E-state index is 0. The Morgan fingerprint density at radius 2 is 1.33 bits per heavy atom. The van der Waals surface area contributed by atoms with Gasteiger partial charge in [-0.3, -0.25) is 0 Å². The van der Waals surface area contributed by atoms with E-state index in [-0.39, 0.29) is 61.8 Å². The Kier molecular flexibility index (Phi) is 24.7. The molecule has 0 heterocycles. The quantitative estimate of drug-likeness (QED) is 0.335. The van der Waals surface area contributed by atoms with E-state index in [9.17, 15) is 0 Å². The largest absolute Gasteiger partial charge is 2.00 e. The van der Waals surface area contributed by atoms with Gasteiger partial charge in [0.25, 0.3) is 0 Å². The Hall–Kier alpha value is 1.07. The third-order valence-electron chi connectivity index (χ3n) is 0. The van der Waals surface area contributed by atoms with Crippen molar-refractivity contribution in [2.75, 3.05) is 0 Å². The van der Waals surface area contributed by atoms with E-state index in [1.165, 1.54) is 0 Å². The van der Waals surface area contributed by atoms with Crippen LogP contribution in [0.15, 0.2) is 0 Å². The Balaban J connectivity index is -0.0000000450. The second-order valence-corrected chi connectivity index (χ2v) is 0.224. The van der Waals surface area contributed by atoms with Gasteiger partial charge < -0.3 is 27.7 Å². The van der Waals surface area contributed by atoms with E-state index in [2.05, 4.69) is 0 Å². The fourth-order valence-corrected chi connectivity index (χ4v) is 0. The molecule has 0 saturated carbocycles. The van der Waals surface area contributed by atoms with E-state index in [0.29, 0.717) is 0 Å². The van der Waals surface area contributed by atoms with Crippen molar-refractivity contribution in [3.8, 4) is 0 Å². The molecule has 6 heteroatoms. The van der Waals surface area contributed by atoms with Crippen molar-refractivity contribution in [1.29, 1.82) is 0 Å². The molecule has 6 heavy (non-hydrogen) atoms. The van der Waals surface area contributed by atoms with Crippen LogP contribution in [-0.2, 0) is 0 Å². The van der Waals surface area contributed by atoms with Crippen molar-refractivity contribution >= 4 is 0 Å². The van der Waals surface area contributed by atoms with E-state index in [4.69, 9.17) is 15.3 Å². The Morgan fingerprint density at radius 3 is 1.33 bits per heavy atom. The van der Waals surface area contributed by atoms with Crippen LogP contribution < -0.4 is 12.4 Å². The second kappa shape index (κ2) is 9.42. The Bertz CT molecular complexity index is 33.8. The van der Waals surface area contributed by atoms with Gasteiger partial charge in [-0.2, -0.15) is 0 Å². The van der Waals surface area contributed by atoms with Gasteiger partial charge in [0.05, 0.1) is 5.09 Å². The molecule has 37 valence electrons. The van der Waals surface area contributed by atoms with Gasteiger partial charge in [0.2, 0.25) is 0 Å². The van der Waals surface area contributed by atoms with Crippen LogP contribution in [0.3, 0.4) is 0 Å². The van der Waals surface area contributed by atoms with Gasteiger partial charge >= 0.3 is 49.4 Å². The molecule has 0 aromatic rings. The molecule has 0 rings (SSSR count).